The Morgan fingerprint density at radius 2 is 1.45 bits per heavy atom. The zero-order chi connectivity index (χ0) is 16.5. The van der Waals surface area contributed by atoms with Gasteiger partial charge in [-0.25, -0.2) is 9.59 Å². The van der Waals surface area contributed by atoms with Crippen LogP contribution in [0.15, 0.2) is 0 Å². The smallest absolute Gasteiger partial charge is 0.407 e. The molecular weight excluding hydrogens is 268 g/mol. The Hall–Kier alpha value is -1.83. The molecule has 0 fully saturated rings. The summed E-state index contributed by atoms with van der Waals surface area (Å²) in [6, 6.07) is -1.60. The summed E-state index contributed by atoms with van der Waals surface area (Å²) in [5, 5.41) is 19.1. The van der Waals surface area contributed by atoms with E-state index < -0.39 is 30.1 Å². The molecule has 8 nitrogen and oxygen atoms in total. The maximum Gasteiger partial charge on any atom is 0.407 e. The van der Waals surface area contributed by atoms with Crippen molar-refractivity contribution in [1.29, 1.82) is 0 Å². The van der Waals surface area contributed by atoms with E-state index in [2.05, 4.69) is 10.1 Å². The lowest BCUT2D eigenvalue weighted by Gasteiger charge is -2.16. The van der Waals surface area contributed by atoms with Crippen molar-refractivity contribution in [2.45, 2.75) is 39.8 Å². The number of carbonyl (C=O) groups is 3. The van der Waals surface area contributed by atoms with Gasteiger partial charge in [0.1, 0.15) is 12.1 Å². The van der Waals surface area contributed by atoms with Gasteiger partial charge in [0.15, 0.2) is 0 Å². The number of nitrogens with one attached hydrogen (secondary N) is 1. The molecule has 0 saturated carbocycles. The van der Waals surface area contributed by atoms with Crippen molar-refractivity contribution in [1.82, 2.24) is 5.32 Å². The monoisotopic (exact) mass is 292 g/mol. The number of hydrogen-bond donors (Lipinski definition) is 4. The van der Waals surface area contributed by atoms with Crippen LogP contribution in [0.25, 0.3) is 0 Å². The number of carboxylic acid groups (broad SMARTS) is 2. The Balaban J connectivity index is 0. The highest BCUT2D eigenvalue weighted by atomic mass is 16.5. The molecule has 8 heteroatoms. The first-order valence-electron chi connectivity index (χ1n) is 6.10. The molecule has 0 unspecified atom stereocenters. The Kier molecular flexibility index (Phi) is 10.3. The zero-order valence-electron chi connectivity index (χ0n) is 12.4. The van der Waals surface area contributed by atoms with Gasteiger partial charge in [-0.15, -0.1) is 0 Å². The van der Waals surface area contributed by atoms with Crippen molar-refractivity contribution in [3.8, 4) is 0 Å². The van der Waals surface area contributed by atoms with E-state index in [0.717, 1.165) is 0 Å². The minimum Gasteiger partial charge on any atom is -0.480 e. The van der Waals surface area contributed by atoms with Crippen molar-refractivity contribution in [3.63, 3.8) is 0 Å². The molecule has 5 N–H and O–H groups in total. The first kappa shape index (κ1) is 20.5. The van der Waals surface area contributed by atoms with E-state index in [-0.39, 0.29) is 11.8 Å². The lowest BCUT2D eigenvalue weighted by molar-refractivity contribution is -0.141. The van der Waals surface area contributed by atoms with Crippen LogP contribution in [0.1, 0.15) is 27.7 Å². The van der Waals surface area contributed by atoms with Crippen molar-refractivity contribution in [3.05, 3.63) is 0 Å². The number of carbonyl (C=O) groups excluding carboxylic acids is 1. The molecule has 0 aliphatic carbocycles. The standard InChI is InChI=1S/C7H13NO4.C5H11NO2/c1-4(2)5(6(9)10)8-7(11)12-3;1-3(2)4(6)5(7)8/h4-5H,1-3H3,(H,8,11)(H,9,10);3-4H,6H2,1-2H3,(H,7,8)/t5-;4-/m00/s1. The highest BCUT2D eigenvalue weighted by molar-refractivity contribution is 5.80. The zero-order valence-corrected chi connectivity index (χ0v) is 12.4. The molecule has 0 heterocycles. The van der Waals surface area contributed by atoms with Gasteiger partial charge in [-0.05, 0) is 11.8 Å². The van der Waals surface area contributed by atoms with Crippen LogP contribution in [0.5, 0.6) is 0 Å². The number of methoxy groups -OCH3 is 1. The van der Waals surface area contributed by atoms with Gasteiger partial charge in [0.25, 0.3) is 0 Å². The van der Waals surface area contributed by atoms with Crippen molar-refractivity contribution in [2.24, 2.45) is 17.6 Å². The van der Waals surface area contributed by atoms with Crippen molar-refractivity contribution < 1.29 is 29.3 Å². The highest BCUT2D eigenvalue weighted by Gasteiger charge is 2.23. The molecule has 2 atom stereocenters. The molecule has 0 rings (SSSR count). The summed E-state index contributed by atoms with van der Waals surface area (Å²) >= 11 is 0. The first-order valence-corrected chi connectivity index (χ1v) is 6.10. The number of alkyl carbamates (subject to hydrolysis) is 1. The molecule has 0 saturated heterocycles. The fraction of sp³-hybridized carbons (Fsp3) is 0.750. The molecule has 0 bridgehead atoms. The van der Waals surface area contributed by atoms with Crippen molar-refractivity contribution in [2.75, 3.05) is 7.11 Å². The van der Waals surface area contributed by atoms with Crippen molar-refractivity contribution >= 4 is 18.0 Å². The summed E-state index contributed by atoms with van der Waals surface area (Å²) in [7, 11) is 1.19. The molecule has 0 aliphatic heterocycles. The van der Waals surface area contributed by atoms with Gasteiger partial charge in [-0.3, -0.25) is 4.79 Å². The van der Waals surface area contributed by atoms with E-state index in [1.165, 1.54) is 7.11 Å². The topological polar surface area (TPSA) is 139 Å². The lowest BCUT2D eigenvalue weighted by atomic mass is 10.1. The molecule has 0 aliphatic rings. The van der Waals surface area contributed by atoms with Crippen LogP contribution in [0.3, 0.4) is 0 Å². The van der Waals surface area contributed by atoms with E-state index in [4.69, 9.17) is 15.9 Å². The minimum atomic E-state index is -1.06. The van der Waals surface area contributed by atoms with Gasteiger partial charge in [-0.1, -0.05) is 27.7 Å². The van der Waals surface area contributed by atoms with E-state index in [1.807, 2.05) is 0 Å². The molecule has 1 amide bonds. The van der Waals surface area contributed by atoms with Gasteiger partial charge in [-0.2, -0.15) is 0 Å². The summed E-state index contributed by atoms with van der Waals surface area (Å²) in [6.45, 7) is 6.96. The summed E-state index contributed by atoms with van der Waals surface area (Å²) < 4.78 is 4.27. The Morgan fingerprint density at radius 1 is 1.00 bits per heavy atom. The molecule has 0 radical (unpaired) electrons. The van der Waals surface area contributed by atoms with Crippen LogP contribution in [0.4, 0.5) is 4.79 Å². The maximum atomic E-state index is 10.6. The van der Waals surface area contributed by atoms with Crippen LogP contribution in [0.2, 0.25) is 0 Å². The van der Waals surface area contributed by atoms with Gasteiger partial charge in [0, 0.05) is 0 Å². The van der Waals surface area contributed by atoms with Crippen LogP contribution < -0.4 is 11.1 Å². The Labute approximate surface area is 118 Å². The summed E-state index contributed by atoms with van der Waals surface area (Å²) in [5.74, 6) is -2.13. The van der Waals surface area contributed by atoms with E-state index in [0.29, 0.717) is 0 Å². The normalized spacial score (nSPS) is 13.0. The molecular formula is C12H24N2O6. The predicted molar refractivity (Wildman–Crippen MR) is 72.3 cm³/mol. The Bertz CT molecular complexity index is 330. The van der Waals surface area contributed by atoms with Gasteiger partial charge in [0.2, 0.25) is 0 Å². The largest absolute Gasteiger partial charge is 0.480 e. The highest BCUT2D eigenvalue weighted by Crippen LogP contribution is 2.01. The third-order valence-corrected chi connectivity index (χ3v) is 2.39. The van der Waals surface area contributed by atoms with E-state index >= 15 is 0 Å². The number of hydrogen-bond acceptors (Lipinski definition) is 5. The number of amides is 1. The third kappa shape index (κ3) is 9.15. The second-order valence-corrected chi connectivity index (χ2v) is 4.80. The maximum absolute atomic E-state index is 10.6. The number of nitrogens with two attached hydrogens (primary N) is 1. The molecule has 0 spiro atoms. The second kappa shape index (κ2) is 10.0. The molecule has 0 aromatic carbocycles. The predicted octanol–water partition coefficient (Wildman–Crippen LogP) is 0.506. The molecule has 0 aromatic rings. The minimum absolute atomic E-state index is 0.0208. The second-order valence-electron chi connectivity index (χ2n) is 4.80. The van der Waals surface area contributed by atoms with Crippen LogP contribution in [-0.4, -0.2) is 47.4 Å². The van der Waals surface area contributed by atoms with E-state index in [1.54, 1.807) is 27.7 Å². The lowest BCUT2D eigenvalue weighted by Crippen LogP contribution is -2.44. The SMILES string of the molecule is CC(C)[C@H](N)C(=O)O.COC(=O)N[C@H](C(=O)O)C(C)C. The summed E-state index contributed by atoms with van der Waals surface area (Å²) in [6.07, 6.45) is -0.726. The quantitative estimate of drug-likeness (QED) is 0.578. The molecule has 0 aromatic heterocycles. The number of carboxylic acids is 2. The Morgan fingerprint density at radius 3 is 1.60 bits per heavy atom. The summed E-state index contributed by atoms with van der Waals surface area (Å²) in [4.78, 5) is 31.2. The number of aliphatic carboxylic acids is 2. The number of ether oxygens (including phenoxy) is 1. The average Bonchev–Trinajstić information content (AvgIpc) is 2.34. The fourth-order valence-corrected chi connectivity index (χ4v) is 0.985. The first-order chi connectivity index (χ1) is 9.04. The number of rotatable bonds is 5. The van der Waals surface area contributed by atoms with Crippen LogP contribution >= 0.6 is 0 Å². The fourth-order valence-electron chi connectivity index (χ4n) is 0.985. The molecule has 20 heavy (non-hydrogen) atoms. The molecule has 118 valence electrons. The van der Waals surface area contributed by atoms with Gasteiger partial charge < -0.3 is 26.0 Å². The summed E-state index contributed by atoms with van der Waals surface area (Å²) in [5.41, 5.74) is 5.16. The van der Waals surface area contributed by atoms with Crippen LogP contribution in [0, 0.1) is 11.8 Å². The van der Waals surface area contributed by atoms with Gasteiger partial charge >= 0.3 is 18.0 Å². The average molecular weight is 292 g/mol. The van der Waals surface area contributed by atoms with Crippen LogP contribution in [-0.2, 0) is 14.3 Å². The van der Waals surface area contributed by atoms with Gasteiger partial charge in [0.05, 0.1) is 7.11 Å². The van der Waals surface area contributed by atoms with E-state index in [9.17, 15) is 14.4 Å². The third-order valence-electron chi connectivity index (χ3n) is 2.39.